The number of hydrogen-bond acceptors (Lipinski definition) is 2. The first-order valence-electron chi connectivity index (χ1n) is 7.42. The Morgan fingerprint density at radius 2 is 2.06 bits per heavy atom. The second-order valence-corrected chi connectivity index (χ2v) is 5.83. The normalized spacial score (nSPS) is 29.2. The molecule has 0 radical (unpaired) electrons. The zero-order valence-corrected chi connectivity index (χ0v) is 11.4. The van der Waals surface area contributed by atoms with E-state index in [4.69, 9.17) is 0 Å². The molecule has 2 heterocycles. The van der Waals surface area contributed by atoms with Crippen LogP contribution in [0.15, 0.2) is 24.3 Å². The van der Waals surface area contributed by atoms with Crippen LogP contribution in [0, 0.1) is 0 Å². The number of likely N-dealkylation sites (tertiary alicyclic amines) is 1. The summed E-state index contributed by atoms with van der Waals surface area (Å²) in [6.07, 6.45) is 6.79. The van der Waals surface area contributed by atoms with E-state index in [1.807, 2.05) is 0 Å². The van der Waals surface area contributed by atoms with E-state index in [9.17, 15) is 0 Å². The minimum atomic E-state index is 0.688. The van der Waals surface area contributed by atoms with Crippen LogP contribution in [0.5, 0.6) is 0 Å². The van der Waals surface area contributed by atoms with Gasteiger partial charge in [-0.2, -0.15) is 0 Å². The van der Waals surface area contributed by atoms with Crippen molar-refractivity contribution in [3.63, 3.8) is 0 Å². The van der Waals surface area contributed by atoms with Crippen LogP contribution < -0.4 is 5.32 Å². The van der Waals surface area contributed by atoms with Gasteiger partial charge < -0.3 is 5.32 Å². The molecular weight excluding hydrogens is 220 g/mol. The molecule has 2 atom stereocenters. The second-order valence-electron chi connectivity index (χ2n) is 5.83. The molecule has 0 aromatic heterocycles. The van der Waals surface area contributed by atoms with Gasteiger partial charge in [0.1, 0.15) is 0 Å². The van der Waals surface area contributed by atoms with Gasteiger partial charge in [0.15, 0.2) is 0 Å². The maximum atomic E-state index is 3.61. The molecular formula is C16H24N2. The van der Waals surface area contributed by atoms with Gasteiger partial charge in [0.25, 0.3) is 0 Å². The van der Waals surface area contributed by atoms with E-state index in [1.54, 1.807) is 0 Å². The molecule has 2 unspecified atom stereocenters. The highest BCUT2D eigenvalue weighted by molar-refractivity contribution is 5.53. The first kappa shape index (κ1) is 12.0. The summed E-state index contributed by atoms with van der Waals surface area (Å²) >= 11 is 0. The highest BCUT2D eigenvalue weighted by Crippen LogP contribution is 2.27. The molecule has 0 amide bonds. The van der Waals surface area contributed by atoms with E-state index in [0.29, 0.717) is 6.04 Å². The van der Waals surface area contributed by atoms with Crippen molar-refractivity contribution in [2.75, 3.05) is 18.4 Å². The van der Waals surface area contributed by atoms with E-state index >= 15 is 0 Å². The minimum Gasteiger partial charge on any atom is -0.383 e. The highest BCUT2D eigenvalue weighted by Gasteiger charge is 2.27. The van der Waals surface area contributed by atoms with Crippen LogP contribution in [0.3, 0.4) is 0 Å². The molecule has 0 bridgehead atoms. The lowest BCUT2D eigenvalue weighted by Gasteiger charge is -2.38. The lowest BCUT2D eigenvalue weighted by atomic mass is 9.97. The Bertz CT molecular complexity index is 402. The highest BCUT2D eigenvalue weighted by atomic mass is 15.2. The van der Waals surface area contributed by atoms with Crippen molar-refractivity contribution in [1.82, 2.24) is 4.90 Å². The number of benzene rings is 1. The van der Waals surface area contributed by atoms with Crippen LogP contribution in [-0.2, 0) is 6.42 Å². The summed E-state index contributed by atoms with van der Waals surface area (Å²) in [7, 11) is 0. The van der Waals surface area contributed by atoms with Gasteiger partial charge in [-0.3, -0.25) is 4.90 Å². The summed E-state index contributed by atoms with van der Waals surface area (Å²) < 4.78 is 0. The topological polar surface area (TPSA) is 15.3 Å². The van der Waals surface area contributed by atoms with Crippen molar-refractivity contribution in [2.45, 2.75) is 51.1 Å². The van der Waals surface area contributed by atoms with Gasteiger partial charge >= 0.3 is 0 Å². The summed E-state index contributed by atoms with van der Waals surface area (Å²) in [6.45, 7) is 4.81. The Kier molecular flexibility index (Phi) is 3.55. The monoisotopic (exact) mass is 244 g/mol. The number of para-hydroxylation sites is 1. The Labute approximate surface area is 110 Å². The fourth-order valence-electron chi connectivity index (χ4n) is 3.50. The molecule has 2 nitrogen and oxygen atoms in total. The van der Waals surface area contributed by atoms with Crippen molar-refractivity contribution in [3.8, 4) is 0 Å². The summed E-state index contributed by atoms with van der Waals surface area (Å²) in [5, 5.41) is 3.61. The molecule has 3 rings (SSSR count). The lowest BCUT2D eigenvalue weighted by molar-refractivity contribution is 0.150. The average Bonchev–Trinajstić information content (AvgIpc) is 2.63. The zero-order chi connectivity index (χ0) is 12.4. The number of hydrogen-bond donors (Lipinski definition) is 1. The Hall–Kier alpha value is -1.02. The standard InChI is InChI=1S/C16H24N2/c1-13-7-3-2-6-10-18(13)15-11-14-8-4-5-9-16(14)17-12-15/h4-5,8-9,13,15,17H,2-3,6-7,10-12H2,1H3. The molecule has 2 aliphatic rings. The third kappa shape index (κ3) is 2.39. The quantitative estimate of drug-likeness (QED) is 0.815. The number of nitrogens with zero attached hydrogens (tertiary/aromatic N) is 1. The van der Waals surface area contributed by atoms with Gasteiger partial charge in [-0.15, -0.1) is 0 Å². The fourth-order valence-corrected chi connectivity index (χ4v) is 3.50. The first-order chi connectivity index (χ1) is 8.84. The van der Waals surface area contributed by atoms with Crippen LogP contribution in [0.25, 0.3) is 0 Å². The molecule has 1 saturated heterocycles. The molecule has 2 aliphatic heterocycles. The number of rotatable bonds is 1. The molecule has 0 spiro atoms. The van der Waals surface area contributed by atoms with E-state index in [0.717, 1.165) is 12.6 Å². The van der Waals surface area contributed by atoms with Crippen LogP contribution in [-0.4, -0.2) is 30.1 Å². The summed E-state index contributed by atoms with van der Waals surface area (Å²) in [6, 6.07) is 10.2. The fraction of sp³-hybridized carbons (Fsp3) is 0.625. The van der Waals surface area contributed by atoms with E-state index in [1.165, 1.54) is 49.9 Å². The number of fused-ring (bicyclic) bond motifs is 1. The van der Waals surface area contributed by atoms with Gasteiger partial charge in [-0.25, -0.2) is 0 Å². The van der Waals surface area contributed by atoms with Crippen molar-refractivity contribution in [1.29, 1.82) is 0 Å². The SMILES string of the molecule is CC1CCCCCN1C1CNc2ccccc2C1. The Morgan fingerprint density at radius 3 is 3.00 bits per heavy atom. The molecule has 18 heavy (non-hydrogen) atoms. The lowest BCUT2D eigenvalue weighted by Crippen LogP contribution is -2.48. The third-order valence-electron chi connectivity index (χ3n) is 4.57. The average molecular weight is 244 g/mol. The molecule has 1 fully saturated rings. The number of anilines is 1. The van der Waals surface area contributed by atoms with Crippen molar-refractivity contribution in [3.05, 3.63) is 29.8 Å². The maximum Gasteiger partial charge on any atom is 0.0373 e. The van der Waals surface area contributed by atoms with Gasteiger partial charge in [0.05, 0.1) is 0 Å². The van der Waals surface area contributed by atoms with Gasteiger partial charge in [-0.1, -0.05) is 31.0 Å². The minimum absolute atomic E-state index is 0.688. The molecule has 1 aromatic carbocycles. The Morgan fingerprint density at radius 1 is 1.17 bits per heavy atom. The van der Waals surface area contributed by atoms with Crippen molar-refractivity contribution in [2.24, 2.45) is 0 Å². The van der Waals surface area contributed by atoms with E-state index in [2.05, 4.69) is 41.4 Å². The van der Waals surface area contributed by atoms with Crippen LogP contribution in [0.1, 0.15) is 38.2 Å². The summed E-state index contributed by atoms with van der Waals surface area (Å²) in [5.41, 5.74) is 2.83. The third-order valence-corrected chi connectivity index (χ3v) is 4.57. The number of nitrogens with one attached hydrogen (secondary N) is 1. The second kappa shape index (κ2) is 5.31. The first-order valence-corrected chi connectivity index (χ1v) is 7.42. The van der Waals surface area contributed by atoms with E-state index < -0.39 is 0 Å². The van der Waals surface area contributed by atoms with Crippen LogP contribution in [0.2, 0.25) is 0 Å². The van der Waals surface area contributed by atoms with Crippen molar-refractivity contribution >= 4 is 5.69 Å². The molecule has 1 aromatic rings. The van der Waals surface area contributed by atoms with Crippen LogP contribution >= 0.6 is 0 Å². The smallest absolute Gasteiger partial charge is 0.0373 e. The van der Waals surface area contributed by atoms with Crippen LogP contribution in [0.4, 0.5) is 5.69 Å². The maximum absolute atomic E-state index is 3.61. The predicted molar refractivity (Wildman–Crippen MR) is 77.1 cm³/mol. The van der Waals surface area contributed by atoms with E-state index in [-0.39, 0.29) is 0 Å². The zero-order valence-electron chi connectivity index (χ0n) is 11.4. The van der Waals surface area contributed by atoms with Crippen molar-refractivity contribution < 1.29 is 0 Å². The molecule has 0 aliphatic carbocycles. The van der Waals surface area contributed by atoms with Gasteiger partial charge in [0, 0.05) is 24.3 Å². The summed E-state index contributed by atoms with van der Waals surface area (Å²) in [5.74, 6) is 0. The largest absolute Gasteiger partial charge is 0.383 e. The molecule has 98 valence electrons. The molecule has 1 N–H and O–H groups in total. The van der Waals surface area contributed by atoms with Gasteiger partial charge in [0.2, 0.25) is 0 Å². The molecule has 2 heteroatoms. The Balaban J connectivity index is 1.74. The molecule has 0 saturated carbocycles. The predicted octanol–water partition coefficient (Wildman–Crippen LogP) is 3.29. The summed E-state index contributed by atoms with van der Waals surface area (Å²) in [4.78, 5) is 2.75. The van der Waals surface area contributed by atoms with Gasteiger partial charge in [-0.05, 0) is 44.4 Å².